The molecule has 5 N–H and O–H groups in total. The van der Waals surface area contributed by atoms with E-state index in [1.165, 1.54) is 24.5 Å². The molecule has 18 heavy (non-hydrogen) atoms. The first-order valence-corrected chi connectivity index (χ1v) is 8.12. The first-order valence-electron chi connectivity index (χ1n) is 4.52. The van der Waals surface area contributed by atoms with Gasteiger partial charge in [-0.05, 0) is 12.1 Å². The first-order chi connectivity index (χ1) is 8.08. The van der Waals surface area contributed by atoms with Crippen molar-refractivity contribution in [2.24, 2.45) is 0 Å². The van der Waals surface area contributed by atoms with Crippen molar-refractivity contribution in [2.45, 2.75) is 4.36 Å². The van der Waals surface area contributed by atoms with Gasteiger partial charge in [0.1, 0.15) is 0 Å². The summed E-state index contributed by atoms with van der Waals surface area (Å²) >= 11 is 5.43. The van der Waals surface area contributed by atoms with Crippen LogP contribution in [0.25, 0.3) is 0 Å². The highest BCUT2D eigenvalue weighted by Crippen LogP contribution is 2.71. The van der Waals surface area contributed by atoms with Crippen molar-refractivity contribution in [3.63, 3.8) is 0 Å². The average Bonchev–Trinajstić information content (AvgIpc) is 2.24. The van der Waals surface area contributed by atoms with Crippen LogP contribution < -0.4 is 5.32 Å². The highest BCUT2D eigenvalue weighted by molar-refractivity contribution is 7.75. The van der Waals surface area contributed by atoms with Crippen molar-refractivity contribution < 1.29 is 28.7 Å². The zero-order valence-corrected chi connectivity index (χ0v) is 11.4. The van der Waals surface area contributed by atoms with Gasteiger partial charge in [0, 0.05) is 12.4 Å². The SMILES string of the molecule is O=P(O)(O)C(Cl)(CNc1cccnc1)P(=O)(O)O. The maximum absolute atomic E-state index is 11.1. The standard InChI is InChI=1S/C7H11ClN2O6P2/c8-7(17(11,12)13,18(14,15)16)5-10-6-2-1-3-9-4-6/h1-4,10H,5H2,(H2,11,12,13)(H2,14,15,16). The second-order valence-corrected chi connectivity index (χ2v) is 8.63. The van der Waals surface area contributed by atoms with Crippen molar-refractivity contribution in [1.29, 1.82) is 0 Å². The van der Waals surface area contributed by atoms with Gasteiger partial charge in [0.2, 0.25) is 0 Å². The van der Waals surface area contributed by atoms with Crippen LogP contribution in [-0.2, 0) is 9.13 Å². The molecule has 0 aliphatic carbocycles. The van der Waals surface area contributed by atoms with Crippen LogP contribution in [0, 0.1) is 0 Å². The Morgan fingerprint density at radius 3 is 2.22 bits per heavy atom. The second kappa shape index (κ2) is 5.27. The minimum absolute atomic E-state index is 0.324. The second-order valence-electron chi connectivity index (χ2n) is 3.40. The van der Waals surface area contributed by atoms with Crippen LogP contribution in [0.1, 0.15) is 0 Å². The van der Waals surface area contributed by atoms with E-state index in [-0.39, 0.29) is 0 Å². The molecule has 0 fully saturated rings. The largest absolute Gasteiger partial charge is 0.381 e. The van der Waals surface area contributed by atoms with E-state index in [4.69, 9.17) is 31.2 Å². The fourth-order valence-electron chi connectivity index (χ4n) is 1.06. The van der Waals surface area contributed by atoms with E-state index in [0.29, 0.717) is 5.69 Å². The first kappa shape index (κ1) is 15.6. The predicted molar refractivity (Wildman–Crippen MR) is 65.4 cm³/mol. The Bertz CT molecular complexity index is 478. The topological polar surface area (TPSA) is 140 Å². The van der Waals surface area contributed by atoms with Crippen LogP contribution >= 0.6 is 26.8 Å². The summed E-state index contributed by atoms with van der Waals surface area (Å²) in [7, 11) is -10.5. The lowest BCUT2D eigenvalue weighted by Gasteiger charge is -2.28. The summed E-state index contributed by atoms with van der Waals surface area (Å²) in [6, 6.07) is 3.04. The average molecular weight is 317 g/mol. The lowest BCUT2D eigenvalue weighted by molar-refractivity contribution is 0.332. The third kappa shape index (κ3) is 3.30. The summed E-state index contributed by atoms with van der Waals surface area (Å²) < 4.78 is 19.3. The minimum Gasteiger partial charge on any atom is -0.381 e. The van der Waals surface area contributed by atoms with Gasteiger partial charge < -0.3 is 24.9 Å². The third-order valence-corrected chi connectivity index (χ3v) is 7.19. The Labute approximate surface area is 107 Å². The number of nitrogens with one attached hydrogen (secondary N) is 1. The van der Waals surface area contributed by atoms with Crippen molar-refractivity contribution in [3.05, 3.63) is 24.5 Å². The molecule has 0 aliphatic heterocycles. The fraction of sp³-hybridized carbons (Fsp3) is 0.286. The van der Waals surface area contributed by atoms with Gasteiger partial charge in [-0.2, -0.15) is 0 Å². The molecule has 1 rings (SSSR count). The maximum Gasteiger partial charge on any atom is 0.360 e. The molecule has 0 aliphatic rings. The summed E-state index contributed by atoms with van der Waals surface area (Å²) in [5, 5.41) is 2.42. The monoisotopic (exact) mass is 316 g/mol. The summed E-state index contributed by atoms with van der Waals surface area (Å²) in [5.41, 5.74) is 0.324. The Kier molecular flexibility index (Phi) is 4.56. The highest BCUT2D eigenvalue weighted by Gasteiger charge is 2.59. The number of pyridine rings is 1. The van der Waals surface area contributed by atoms with Gasteiger partial charge >= 0.3 is 15.2 Å². The molecule has 1 aromatic heterocycles. The normalized spacial score (nSPS) is 13.4. The molecule has 0 amide bonds. The molecule has 0 bridgehead atoms. The van der Waals surface area contributed by atoms with Gasteiger partial charge in [0.15, 0.2) is 0 Å². The van der Waals surface area contributed by atoms with E-state index in [9.17, 15) is 9.13 Å². The fourth-order valence-corrected chi connectivity index (χ4v) is 3.05. The number of hydrogen-bond acceptors (Lipinski definition) is 4. The van der Waals surface area contributed by atoms with Crippen molar-refractivity contribution in [2.75, 3.05) is 11.9 Å². The lowest BCUT2D eigenvalue weighted by atomic mass is 10.4. The Balaban J connectivity index is 2.96. The molecule has 0 radical (unpaired) electrons. The number of anilines is 1. The molecule has 8 nitrogen and oxygen atoms in total. The Morgan fingerprint density at radius 2 is 1.83 bits per heavy atom. The van der Waals surface area contributed by atoms with Gasteiger partial charge in [-0.3, -0.25) is 14.1 Å². The van der Waals surface area contributed by atoms with Crippen LogP contribution in [0.15, 0.2) is 24.5 Å². The number of alkyl halides is 1. The summed E-state index contributed by atoms with van der Waals surface area (Å²) in [6.07, 6.45) is 2.78. The molecular weight excluding hydrogens is 305 g/mol. The molecule has 1 aromatic rings. The molecule has 0 spiro atoms. The molecule has 0 unspecified atom stereocenters. The van der Waals surface area contributed by atoms with Crippen LogP contribution in [0.3, 0.4) is 0 Å². The highest BCUT2D eigenvalue weighted by atomic mass is 35.5. The molecule has 0 atom stereocenters. The summed E-state index contributed by atoms with van der Waals surface area (Å²) in [6.45, 7) is -0.811. The number of halogens is 1. The van der Waals surface area contributed by atoms with Crippen molar-refractivity contribution >= 4 is 32.5 Å². The number of hydrogen-bond donors (Lipinski definition) is 5. The van der Waals surface area contributed by atoms with E-state index in [0.717, 1.165) is 0 Å². The Hall–Kier alpha value is -0.460. The third-order valence-electron chi connectivity index (χ3n) is 2.07. The van der Waals surface area contributed by atoms with Gasteiger partial charge in [0.25, 0.3) is 4.36 Å². The molecular formula is C7H11ClN2O6P2. The number of aromatic nitrogens is 1. The summed E-state index contributed by atoms with van der Waals surface area (Å²) in [4.78, 5) is 39.6. The van der Waals surface area contributed by atoms with Gasteiger partial charge in [-0.15, -0.1) is 0 Å². The van der Waals surface area contributed by atoms with E-state index in [2.05, 4.69) is 10.3 Å². The Morgan fingerprint density at radius 1 is 1.28 bits per heavy atom. The van der Waals surface area contributed by atoms with Gasteiger partial charge in [-0.25, -0.2) is 0 Å². The van der Waals surface area contributed by atoms with Crippen LogP contribution in [-0.4, -0.2) is 35.5 Å². The van der Waals surface area contributed by atoms with E-state index >= 15 is 0 Å². The molecule has 0 saturated carbocycles. The van der Waals surface area contributed by atoms with Crippen molar-refractivity contribution in [1.82, 2.24) is 4.98 Å². The molecule has 0 aromatic carbocycles. The predicted octanol–water partition coefficient (Wildman–Crippen LogP) is 0.741. The van der Waals surface area contributed by atoms with E-state index in [1.807, 2.05) is 0 Å². The van der Waals surface area contributed by atoms with E-state index < -0.39 is 26.1 Å². The van der Waals surface area contributed by atoms with Crippen LogP contribution in [0.5, 0.6) is 0 Å². The van der Waals surface area contributed by atoms with Gasteiger partial charge in [-0.1, -0.05) is 11.6 Å². The zero-order valence-electron chi connectivity index (χ0n) is 8.84. The quantitative estimate of drug-likeness (QED) is 0.396. The number of rotatable bonds is 5. The molecule has 0 saturated heterocycles. The minimum atomic E-state index is -5.23. The molecule has 11 heteroatoms. The maximum atomic E-state index is 11.1. The van der Waals surface area contributed by atoms with Crippen LogP contribution in [0.4, 0.5) is 5.69 Å². The summed E-state index contributed by atoms with van der Waals surface area (Å²) in [5.74, 6) is 0. The molecule has 1 heterocycles. The van der Waals surface area contributed by atoms with Crippen molar-refractivity contribution in [3.8, 4) is 0 Å². The smallest absolute Gasteiger partial charge is 0.360 e. The molecule has 102 valence electrons. The zero-order chi connectivity index (χ0) is 14.0. The number of nitrogens with zero attached hydrogens (tertiary/aromatic N) is 1. The lowest BCUT2D eigenvalue weighted by Crippen LogP contribution is -2.31. The van der Waals surface area contributed by atoms with E-state index in [1.54, 1.807) is 0 Å². The van der Waals surface area contributed by atoms with Gasteiger partial charge in [0.05, 0.1) is 12.2 Å². The van der Waals surface area contributed by atoms with Crippen LogP contribution in [0.2, 0.25) is 0 Å².